The molecule has 6 heteroatoms. The molecule has 0 atom stereocenters. The molecule has 0 heterocycles. The van der Waals surface area contributed by atoms with Gasteiger partial charge in [0.2, 0.25) is 0 Å². The molecule has 0 bridgehead atoms. The molecule has 22 heavy (non-hydrogen) atoms. The van der Waals surface area contributed by atoms with Gasteiger partial charge in [0.25, 0.3) is 5.91 Å². The quantitative estimate of drug-likeness (QED) is 0.910. The van der Waals surface area contributed by atoms with Gasteiger partial charge in [-0.3, -0.25) is 4.79 Å². The minimum atomic E-state index is -0.671. The Morgan fingerprint density at radius 1 is 1.14 bits per heavy atom. The standard InChI is InChI=1S/C16H16FN3O2/c1-20(10-12-4-2-3-5-14(12)17)15(21)11-6-8-13(9-7-11)19-16(18)22/h2-9H,10H2,1H3,(H3,18,19,22). The molecule has 0 aliphatic heterocycles. The third kappa shape index (κ3) is 3.82. The molecule has 0 saturated carbocycles. The van der Waals surface area contributed by atoms with Crippen LogP contribution in [-0.2, 0) is 6.54 Å². The van der Waals surface area contributed by atoms with E-state index in [9.17, 15) is 14.0 Å². The van der Waals surface area contributed by atoms with Crippen LogP contribution in [-0.4, -0.2) is 23.9 Å². The summed E-state index contributed by atoms with van der Waals surface area (Å²) < 4.78 is 13.6. The van der Waals surface area contributed by atoms with E-state index in [4.69, 9.17) is 5.73 Å². The Bertz CT molecular complexity index is 686. The minimum Gasteiger partial charge on any atom is -0.351 e. The molecule has 0 fully saturated rings. The van der Waals surface area contributed by atoms with E-state index in [2.05, 4.69) is 5.32 Å². The van der Waals surface area contributed by atoms with Crippen LogP contribution in [0.3, 0.4) is 0 Å². The number of nitrogens with one attached hydrogen (secondary N) is 1. The average Bonchev–Trinajstić information content (AvgIpc) is 2.49. The molecular formula is C16H16FN3O2. The van der Waals surface area contributed by atoms with Crippen LogP contribution >= 0.6 is 0 Å². The van der Waals surface area contributed by atoms with Crippen LogP contribution in [0.4, 0.5) is 14.9 Å². The number of hydrogen-bond acceptors (Lipinski definition) is 2. The summed E-state index contributed by atoms with van der Waals surface area (Å²) in [5.74, 6) is -0.586. The fourth-order valence-electron chi connectivity index (χ4n) is 2.01. The van der Waals surface area contributed by atoms with Crippen LogP contribution in [0.5, 0.6) is 0 Å². The van der Waals surface area contributed by atoms with Gasteiger partial charge in [0.05, 0.1) is 0 Å². The Labute approximate surface area is 127 Å². The second-order valence-electron chi connectivity index (χ2n) is 4.82. The summed E-state index contributed by atoms with van der Waals surface area (Å²) in [6.07, 6.45) is 0. The molecule has 2 rings (SSSR count). The van der Waals surface area contributed by atoms with Crippen LogP contribution in [0.25, 0.3) is 0 Å². The lowest BCUT2D eigenvalue weighted by Crippen LogP contribution is -2.26. The topological polar surface area (TPSA) is 75.4 Å². The second kappa shape index (κ2) is 6.71. The van der Waals surface area contributed by atoms with Crippen molar-refractivity contribution in [2.24, 2.45) is 5.73 Å². The molecule has 2 aromatic rings. The maximum absolute atomic E-state index is 13.6. The molecule has 2 aromatic carbocycles. The van der Waals surface area contributed by atoms with Crippen molar-refractivity contribution in [1.82, 2.24) is 4.90 Å². The number of primary amides is 1. The number of anilines is 1. The molecule has 0 aromatic heterocycles. The number of carbonyl (C=O) groups excluding carboxylic acids is 2. The number of amides is 3. The van der Waals surface area contributed by atoms with Crippen LogP contribution in [0, 0.1) is 5.82 Å². The smallest absolute Gasteiger partial charge is 0.316 e. The summed E-state index contributed by atoms with van der Waals surface area (Å²) >= 11 is 0. The first-order chi connectivity index (χ1) is 10.5. The molecule has 0 aliphatic rings. The largest absolute Gasteiger partial charge is 0.351 e. The lowest BCUT2D eigenvalue weighted by atomic mass is 10.1. The highest BCUT2D eigenvalue weighted by Crippen LogP contribution is 2.14. The highest BCUT2D eigenvalue weighted by atomic mass is 19.1. The highest BCUT2D eigenvalue weighted by Gasteiger charge is 2.13. The zero-order chi connectivity index (χ0) is 16.1. The summed E-state index contributed by atoms with van der Waals surface area (Å²) in [5, 5.41) is 2.41. The number of carbonyl (C=O) groups is 2. The van der Waals surface area contributed by atoms with Crippen molar-refractivity contribution in [3.8, 4) is 0 Å². The predicted octanol–water partition coefficient (Wildman–Crippen LogP) is 2.59. The number of nitrogens with two attached hydrogens (primary N) is 1. The van der Waals surface area contributed by atoms with Crippen LogP contribution in [0.15, 0.2) is 48.5 Å². The number of urea groups is 1. The molecule has 0 unspecified atom stereocenters. The van der Waals surface area contributed by atoms with Gasteiger partial charge in [-0.15, -0.1) is 0 Å². The highest BCUT2D eigenvalue weighted by molar-refractivity contribution is 5.95. The number of halogens is 1. The first-order valence-corrected chi connectivity index (χ1v) is 6.63. The molecule has 114 valence electrons. The summed E-state index contributed by atoms with van der Waals surface area (Å²) in [4.78, 5) is 24.4. The van der Waals surface area contributed by atoms with Crippen molar-refractivity contribution in [3.05, 3.63) is 65.5 Å². The average molecular weight is 301 g/mol. The van der Waals surface area contributed by atoms with E-state index in [1.165, 1.54) is 11.0 Å². The molecule has 0 saturated heterocycles. The van der Waals surface area contributed by atoms with Crippen LogP contribution in [0.1, 0.15) is 15.9 Å². The van der Waals surface area contributed by atoms with Gasteiger partial charge in [0, 0.05) is 30.4 Å². The molecule has 0 radical (unpaired) electrons. The van der Waals surface area contributed by atoms with E-state index in [1.54, 1.807) is 49.5 Å². The normalized spacial score (nSPS) is 10.1. The number of hydrogen-bond donors (Lipinski definition) is 2. The summed E-state index contributed by atoms with van der Waals surface area (Å²) in [6, 6.07) is 12.0. The van der Waals surface area contributed by atoms with E-state index >= 15 is 0 Å². The molecule has 0 spiro atoms. The van der Waals surface area contributed by atoms with Gasteiger partial charge in [-0.25, -0.2) is 9.18 Å². The molecule has 3 amide bonds. The zero-order valence-electron chi connectivity index (χ0n) is 12.0. The fraction of sp³-hybridized carbons (Fsp3) is 0.125. The van der Waals surface area contributed by atoms with E-state index in [0.717, 1.165) is 0 Å². The Balaban J connectivity index is 2.07. The van der Waals surface area contributed by atoms with Crippen molar-refractivity contribution in [2.75, 3.05) is 12.4 Å². The number of nitrogens with zero attached hydrogens (tertiary/aromatic N) is 1. The third-order valence-electron chi connectivity index (χ3n) is 3.11. The molecule has 0 aliphatic carbocycles. The second-order valence-corrected chi connectivity index (χ2v) is 4.82. The van der Waals surface area contributed by atoms with Gasteiger partial charge < -0.3 is 16.0 Å². The lowest BCUT2D eigenvalue weighted by molar-refractivity contribution is 0.0784. The molecular weight excluding hydrogens is 285 g/mol. The van der Waals surface area contributed by atoms with E-state index in [0.29, 0.717) is 16.8 Å². The van der Waals surface area contributed by atoms with Gasteiger partial charge in [-0.05, 0) is 30.3 Å². The van der Waals surface area contributed by atoms with E-state index in [-0.39, 0.29) is 18.3 Å². The van der Waals surface area contributed by atoms with Crippen molar-refractivity contribution >= 4 is 17.6 Å². The van der Waals surface area contributed by atoms with Crippen molar-refractivity contribution in [2.45, 2.75) is 6.54 Å². The Morgan fingerprint density at radius 3 is 2.36 bits per heavy atom. The van der Waals surface area contributed by atoms with Gasteiger partial charge in [-0.2, -0.15) is 0 Å². The van der Waals surface area contributed by atoms with Gasteiger partial charge in [0.1, 0.15) is 5.82 Å². The van der Waals surface area contributed by atoms with Crippen molar-refractivity contribution in [1.29, 1.82) is 0 Å². The minimum absolute atomic E-state index is 0.173. The van der Waals surface area contributed by atoms with Crippen molar-refractivity contribution in [3.63, 3.8) is 0 Å². The van der Waals surface area contributed by atoms with Crippen molar-refractivity contribution < 1.29 is 14.0 Å². The third-order valence-corrected chi connectivity index (χ3v) is 3.11. The Morgan fingerprint density at radius 2 is 1.77 bits per heavy atom. The van der Waals surface area contributed by atoms with Gasteiger partial charge in [-0.1, -0.05) is 18.2 Å². The molecule has 3 N–H and O–H groups in total. The van der Waals surface area contributed by atoms with Gasteiger partial charge in [0.15, 0.2) is 0 Å². The zero-order valence-corrected chi connectivity index (χ0v) is 12.0. The van der Waals surface area contributed by atoms with Gasteiger partial charge >= 0.3 is 6.03 Å². The SMILES string of the molecule is CN(Cc1ccccc1F)C(=O)c1ccc(NC(N)=O)cc1. The van der Waals surface area contributed by atoms with Crippen LogP contribution < -0.4 is 11.1 Å². The van der Waals surface area contributed by atoms with Crippen LogP contribution in [0.2, 0.25) is 0 Å². The maximum atomic E-state index is 13.6. The summed E-state index contributed by atoms with van der Waals surface area (Å²) in [7, 11) is 1.60. The number of benzene rings is 2. The summed E-state index contributed by atoms with van der Waals surface area (Å²) in [5.41, 5.74) is 6.40. The number of rotatable bonds is 4. The monoisotopic (exact) mass is 301 g/mol. The Hall–Kier alpha value is -2.89. The first-order valence-electron chi connectivity index (χ1n) is 6.63. The maximum Gasteiger partial charge on any atom is 0.316 e. The summed E-state index contributed by atoms with van der Waals surface area (Å²) in [6.45, 7) is 0.173. The predicted molar refractivity (Wildman–Crippen MR) is 81.8 cm³/mol. The van der Waals surface area contributed by atoms with E-state index < -0.39 is 6.03 Å². The van der Waals surface area contributed by atoms with E-state index in [1.807, 2.05) is 0 Å². The first kappa shape index (κ1) is 15.5. The Kier molecular flexibility index (Phi) is 4.73. The fourth-order valence-corrected chi connectivity index (χ4v) is 2.01. The lowest BCUT2D eigenvalue weighted by Gasteiger charge is -2.18. The molecule has 5 nitrogen and oxygen atoms in total.